The Balaban J connectivity index is 1.64. The Morgan fingerprint density at radius 3 is 2.89 bits per heavy atom. The first-order valence-corrected chi connectivity index (χ1v) is 9.71. The summed E-state index contributed by atoms with van der Waals surface area (Å²) in [6.45, 7) is 8.84. The van der Waals surface area contributed by atoms with Crippen LogP contribution in [0.2, 0.25) is 0 Å². The predicted octanol–water partition coefficient (Wildman–Crippen LogP) is 3.19. The summed E-state index contributed by atoms with van der Waals surface area (Å²) in [4.78, 5) is 12.7. The van der Waals surface area contributed by atoms with Gasteiger partial charge < -0.3 is 15.4 Å². The van der Waals surface area contributed by atoms with Gasteiger partial charge in [0.1, 0.15) is 5.75 Å². The molecule has 1 saturated heterocycles. The van der Waals surface area contributed by atoms with Crippen molar-refractivity contribution < 1.29 is 9.53 Å². The van der Waals surface area contributed by atoms with Gasteiger partial charge in [0, 0.05) is 11.8 Å². The number of aromatic nitrogens is 3. The highest BCUT2D eigenvalue weighted by Gasteiger charge is 2.23. The molecule has 1 fully saturated rings. The molecule has 2 heterocycles. The van der Waals surface area contributed by atoms with Crippen molar-refractivity contribution in [1.29, 1.82) is 0 Å². The quantitative estimate of drug-likeness (QED) is 0.781. The van der Waals surface area contributed by atoms with Crippen LogP contribution in [0.25, 0.3) is 0 Å². The number of amides is 1. The second-order valence-electron chi connectivity index (χ2n) is 7.46. The normalized spacial score (nSPS) is 15.1. The Kier molecular flexibility index (Phi) is 6.45. The molecule has 1 aromatic heterocycles. The number of benzene rings is 1. The average Bonchev–Trinajstić information content (AvgIpc) is 3.04. The highest BCUT2D eigenvalue weighted by atomic mass is 16.5. The van der Waals surface area contributed by atoms with E-state index in [2.05, 4.69) is 34.8 Å². The lowest BCUT2D eigenvalue weighted by Crippen LogP contribution is -2.30. The molecule has 0 radical (unpaired) electrons. The van der Waals surface area contributed by atoms with Gasteiger partial charge >= 0.3 is 0 Å². The van der Waals surface area contributed by atoms with Gasteiger partial charge in [0.25, 0.3) is 5.91 Å². The third-order valence-corrected chi connectivity index (χ3v) is 4.85. The Hall–Kier alpha value is -2.41. The molecule has 27 heavy (non-hydrogen) atoms. The maximum Gasteiger partial charge on any atom is 0.278 e. The number of ether oxygens (including phenoxy) is 1. The minimum absolute atomic E-state index is 0.244. The van der Waals surface area contributed by atoms with E-state index in [1.807, 2.05) is 35.9 Å². The molecule has 3 rings (SSSR count). The van der Waals surface area contributed by atoms with Gasteiger partial charge in [-0.25, -0.2) is 4.68 Å². The second-order valence-corrected chi connectivity index (χ2v) is 7.46. The third-order valence-electron chi connectivity index (χ3n) is 4.85. The SMILES string of the molecule is Cc1c(C(=O)Nc2cccc(OCCC(C)C)c2)nnn1C1CCNCC1. The van der Waals surface area contributed by atoms with E-state index >= 15 is 0 Å². The summed E-state index contributed by atoms with van der Waals surface area (Å²) < 4.78 is 7.65. The first-order chi connectivity index (χ1) is 13.0. The minimum Gasteiger partial charge on any atom is -0.494 e. The van der Waals surface area contributed by atoms with E-state index in [1.165, 1.54) is 0 Å². The Morgan fingerprint density at radius 1 is 1.37 bits per heavy atom. The standard InChI is InChI=1S/C20H29N5O2/c1-14(2)9-12-27-18-6-4-5-16(13-18)22-20(26)19-15(3)25(24-23-19)17-7-10-21-11-8-17/h4-6,13-14,17,21H,7-12H2,1-3H3,(H,22,26). The topological polar surface area (TPSA) is 81.1 Å². The van der Waals surface area contributed by atoms with Gasteiger partial charge in [0.15, 0.2) is 5.69 Å². The number of carbonyl (C=O) groups is 1. The van der Waals surface area contributed by atoms with Crippen LogP contribution in [0, 0.1) is 12.8 Å². The molecule has 2 aromatic rings. The first kappa shape index (κ1) is 19.4. The Morgan fingerprint density at radius 2 is 2.15 bits per heavy atom. The number of anilines is 1. The molecule has 7 nitrogen and oxygen atoms in total. The van der Waals surface area contributed by atoms with E-state index in [1.54, 1.807) is 0 Å². The van der Waals surface area contributed by atoms with Crippen LogP contribution >= 0.6 is 0 Å². The molecule has 7 heteroatoms. The van der Waals surface area contributed by atoms with Gasteiger partial charge in [0.05, 0.1) is 18.3 Å². The van der Waals surface area contributed by atoms with Crippen LogP contribution in [0.3, 0.4) is 0 Å². The second kappa shape index (κ2) is 8.99. The van der Waals surface area contributed by atoms with Crippen LogP contribution in [-0.4, -0.2) is 40.6 Å². The fraction of sp³-hybridized carbons (Fsp3) is 0.550. The van der Waals surface area contributed by atoms with Gasteiger partial charge in [0.2, 0.25) is 0 Å². The maximum absolute atomic E-state index is 12.7. The molecular formula is C20H29N5O2. The molecule has 1 amide bonds. The summed E-state index contributed by atoms with van der Waals surface area (Å²) in [5.74, 6) is 1.11. The molecule has 0 saturated carbocycles. The summed E-state index contributed by atoms with van der Waals surface area (Å²) in [6, 6.07) is 7.76. The smallest absolute Gasteiger partial charge is 0.278 e. The number of nitrogens with zero attached hydrogens (tertiary/aromatic N) is 3. The van der Waals surface area contributed by atoms with Gasteiger partial charge in [-0.15, -0.1) is 5.10 Å². The summed E-state index contributed by atoms with van der Waals surface area (Å²) in [6.07, 6.45) is 3.00. The van der Waals surface area contributed by atoms with E-state index in [4.69, 9.17) is 4.74 Å². The summed E-state index contributed by atoms with van der Waals surface area (Å²) in [5, 5.41) is 14.6. The lowest BCUT2D eigenvalue weighted by molar-refractivity contribution is 0.102. The van der Waals surface area contributed by atoms with E-state index in [-0.39, 0.29) is 5.91 Å². The van der Waals surface area contributed by atoms with Gasteiger partial charge in [-0.05, 0) is 57.3 Å². The van der Waals surface area contributed by atoms with Crippen LogP contribution in [0.5, 0.6) is 5.75 Å². The van der Waals surface area contributed by atoms with E-state index in [0.29, 0.717) is 29.9 Å². The molecule has 2 N–H and O–H groups in total. The van der Waals surface area contributed by atoms with Crippen molar-refractivity contribution >= 4 is 11.6 Å². The van der Waals surface area contributed by atoms with Crippen LogP contribution in [0.1, 0.15) is 55.3 Å². The van der Waals surface area contributed by atoms with Crippen LogP contribution in [-0.2, 0) is 0 Å². The number of hydrogen-bond acceptors (Lipinski definition) is 5. The highest BCUT2D eigenvalue weighted by molar-refractivity contribution is 6.03. The van der Waals surface area contributed by atoms with Crippen molar-refractivity contribution in [3.05, 3.63) is 35.7 Å². The fourth-order valence-electron chi connectivity index (χ4n) is 3.22. The molecule has 0 bridgehead atoms. The lowest BCUT2D eigenvalue weighted by atomic mass is 10.1. The van der Waals surface area contributed by atoms with Crippen molar-refractivity contribution in [2.45, 2.75) is 46.1 Å². The molecule has 0 unspecified atom stereocenters. The molecule has 0 spiro atoms. The zero-order valence-electron chi connectivity index (χ0n) is 16.4. The Bertz CT molecular complexity index is 765. The molecule has 0 aliphatic carbocycles. The highest BCUT2D eigenvalue weighted by Crippen LogP contribution is 2.22. The van der Waals surface area contributed by atoms with Crippen molar-refractivity contribution in [2.75, 3.05) is 25.0 Å². The molecular weight excluding hydrogens is 342 g/mol. The number of hydrogen-bond donors (Lipinski definition) is 2. The van der Waals surface area contributed by atoms with Crippen LogP contribution < -0.4 is 15.4 Å². The van der Waals surface area contributed by atoms with Gasteiger partial charge in [-0.1, -0.05) is 25.1 Å². The number of rotatable bonds is 7. The van der Waals surface area contributed by atoms with E-state index < -0.39 is 0 Å². The van der Waals surface area contributed by atoms with E-state index in [9.17, 15) is 4.79 Å². The van der Waals surface area contributed by atoms with Crippen molar-refractivity contribution in [2.24, 2.45) is 5.92 Å². The molecule has 0 atom stereocenters. The molecule has 1 aliphatic rings. The van der Waals surface area contributed by atoms with Crippen LogP contribution in [0.4, 0.5) is 5.69 Å². The van der Waals surface area contributed by atoms with Crippen LogP contribution in [0.15, 0.2) is 24.3 Å². The average molecular weight is 371 g/mol. The predicted molar refractivity (Wildman–Crippen MR) is 105 cm³/mol. The zero-order chi connectivity index (χ0) is 19.2. The first-order valence-electron chi connectivity index (χ1n) is 9.71. The summed E-state index contributed by atoms with van der Waals surface area (Å²) >= 11 is 0. The molecule has 146 valence electrons. The lowest BCUT2D eigenvalue weighted by Gasteiger charge is -2.23. The number of piperidine rings is 1. The maximum atomic E-state index is 12.7. The Labute approximate surface area is 160 Å². The minimum atomic E-state index is -0.244. The van der Waals surface area contributed by atoms with E-state index in [0.717, 1.165) is 43.8 Å². The summed E-state index contributed by atoms with van der Waals surface area (Å²) in [7, 11) is 0. The largest absolute Gasteiger partial charge is 0.494 e. The third kappa shape index (κ3) is 5.07. The number of nitrogens with one attached hydrogen (secondary N) is 2. The monoisotopic (exact) mass is 371 g/mol. The van der Waals surface area contributed by atoms with Crippen molar-refractivity contribution in [3.63, 3.8) is 0 Å². The summed E-state index contributed by atoms with van der Waals surface area (Å²) in [5.41, 5.74) is 1.88. The number of carbonyl (C=O) groups excluding carboxylic acids is 1. The molecule has 1 aromatic carbocycles. The zero-order valence-corrected chi connectivity index (χ0v) is 16.4. The van der Waals surface area contributed by atoms with Gasteiger partial charge in [-0.2, -0.15) is 0 Å². The van der Waals surface area contributed by atoms with Crippen molar-refractivity contribution in [1.82, 2.24) is 20.3 Å². The molecule has 1 aliphatic heterocycles. The van der Waals surface area contributed by atoms with Crippen molar-refractivity contribution in [3.8, 4) is 5.75 Å². The van der Waals surface area contributed by atoms with Gasteiger partial charge in [-0.3, -0.25) is 4.79 Å². The fourth-order valence-corrected chi connectivity index (χ4v) is 3.22.